The van der Waals surface area contributed by atoms with Gasteiger partial charge in [-0.1, -0.05) is 17.7 Å². The first-order chi connectivity index (χ1) is 8.99. The van der Waals surface area contributed by atoms with Crippen molar-refractivity contribution in [1.82, 2.24) is 0 Å². The SMILES string of the molecule is CC1CC(C(=O)Nc2c(Cl)cccc2C(=O)O)CO1. The minimum absolute atomic E-state index is 0.0205. The number of rotatable bonds is 3. The van der Waals surface area contributed by atoms with E-state index in [1.54, 1.807) is 0 Å². The summed E-state index contributed by atoms with van der Waals surface area (Å²) in [5.41, 5.74) is 0.119. The Morgan fingerprint density at radius 2 is 2.21 bits per heavy atom. The van der Waals surface area contributed by atoms with Crippen molar-refractivity contribution in [2.75, 3.05) is 11.9 Å². The van der Waals surface area contributed by atoms with Crippen molar-refractivity contribution in [3.05, 3.63) is 28.8 Å². The molecule has 1 saturated heterocycles. The Labute approximate surface area is 115 Å². The van der Waals surface area contributed by atoms with Crippen LogP contribution in [0.2, 0.25) is 5.02 Å². The molecule has 1 amide bonds. The second-order valence-corrected chi connectivity index (χ2v) is 4.94. The zero-order valence-electron chi connectivity index (χ0n) is 10.4. The maximum absolute atomic E-state index is 12.0. The fourth-order valence-electron chi connectivity index (χ4n) is 2.05. The fraction of sp³-hybridized carbons (Fsp3) is 0.385. The Morgan fingerprint density at radius 3 is 2.79 bits per heavy atom. The summed E-state index contributed by atoms with van der Waals surface area (Å²) < 4.78 is 5.32. The molecule has 6 heteroatoms. The van der Waals surface area contributed by atoms with Gasteiger partial charge in [0.1, 0.15) is 0 Å². The highest BCUT2D eigenvalue weighted by Crippen LogP contribution is 2.28. The van der Waals surface area contributed by atoms with Crippen LogP contribution in [0.4, 0.5) is 5.69 Å². The summed E-state index contributed by atoms with van der Waals surface area (Å²) in [5, 5.41) is 11.9. The lowest BCUT2D eigenvalue weighted by atomic mass is 10.0. The van der Waals surface area contributed by atoms with E-state index in [0.717, 1.165) is 0 Å². The number of anilines is 1. The smallest absolute Gasteiger partial charge is 0.337 e. The van der Waals surface area contributed by atoms with E-state index in [0.29, 0.717) is 13.0 Å². The third-order valence-electron chi connectivity index (χ3n) is 3.06. The van der Waals surface area contributed by atoms with Gasteiger partial charge in [-0.25, -0.2) is 4.79 Å². The van der Waals surface area contributed by atoms with Crippen LogP contribution in [-0.4, -0.2) is 29.7 Å². The molecule has 2 N–H and O–H groups in total. The maximum atomic E-state index is 12.0. The largest absolute Gasteiger partial charge is 0.478 e. The molecule has 1 fully saturated rings. The van der Waals surface area contributed by atoms with Crippen molar-refractivity contribution in [3.63, 3.8) is 0 Å². The van der Waals surface area contributed by atoms with Gasteiger partial charge in [-0.2, -0.15) is 0 Å². The van der Waals surface area contributed by atoms with Crippen LogP contribution in [0, 0.1) is 5.92 Å². The molecule has 0 aliphatic carbocycles. The number of hydrogen-bond donors (Lipinski definition) is 2. The van der Waals surface area contributed by atoms with Gasteiger partial charge in [0.05, 0.1) is 34.9 Å². The van der Waals surface area contributed by atoms with Crippen LogP contribution in [0.3, 0.4) is 0 Å². The van der Waals surface area contributed by atoms with Gasteiger partial charge in [-0.3, -0.25) is 4.79 Å². The number of ether oxygens (including phenoxy) is 1. The first kappa shape index (κ1) is 13.8. The van der Waals surface area contributed by atoms with E-state index in [1.807, 2.05) is 6.92 Å². The molecule has 0 saturated carbocycles. The van der Waals surface area contributed by atoms with Crippen molar-refractivity contribution in [3.8, 4) is 0 Å². The molecule has 1 aromatic carbocycles. The molecule has 5 nitrogen and oxygen atoms in total. The van der Waals surface area contributed by atoms with Crippen LogP contribution in [0.1, 0.15) is 23.7 Å². The number of carbonyl (C=O) groups excluding carboxylic acids is 1. The average Bonchev–Trinajstić information content (AvgIpc) is 2.78. The zero-order valence-corrected chi connectivity index (χ0v) is 11.1. The molecular weight excluding hydrogens is 270 g/mol. The van der Waals surface area contributed by atoms with Gasteiger partial charge < -0.3 is 15.2 Å². The summed E-state index contributed by atoms with van der Waals surface area (Å²) in [5.74, 6) is -1.67. The van der Waals surface area contributed by atoms with Crippen LogP contribution in [0.25, 0.3) is 0 Å². The number of amides is 1. The van der Waals surface area contributed by atoms with Crippen molar-refractivity contribution >= 4 is 29.2 Å². The number of nitrogens with one attached hydrogen (secondary N) is 1. The number of carbonyl (C=O) groups is 2. The first-order valence-electron chi connectivity index (χ1n) is 5.93. The predicted octanol–water partition coefficient (Wildman–Crippen LogP) is 2.40. The highest BCUT2D eigenvalue weighted by Gasteiger charge is 2.29. The molecule has 1 aromatic rings. The third kappa shape index (κ3) is 3.05. The molecule has 0 spiro atoms. The molecule has 19 heavy (non-hydrogen) atoms. The topological polar surface area (TPSA) is 75.6 Å². The summed E-state index contributed by atoms with van der Waals surface area (Å²) >= 11 is 5.94. The number of carboxylic acid groups (broad SMARTS) is 1. The maximum Gasteiger partial charge on any atom is 0.337 e. The Kier molecular flexibility index (Phi) is 4.07. The zero-order chi connectivity index (χ0) is 14.0. The van der Waals surface area contributed by atoms with E-state index >= 15 is 0 Å². The minimum Gasteiger partial charge on any atom is -0.478 e. The number of carboxylic acids is 1. The number of hydrogen-bond acceptors (Lipinski definition) is 3. The second-order valence-electron chi connectivity index (χ2n) is 4.53. The van der Waals surface area contributed by atoms with E-state index in [2.05, 4.69) is 5.32 Å². The summed E-state index contributed by atoms with van der Waals surface area (Å²) in [7, 11) is 0. The van der Waals surface area contributed by atoms with Crippen LogP contribution >= 0.6 is 11.6 Å². The molecule has 2 unspecified atom stereocenters. The van der Waals surface area contributed by atoms with E-state index < -0.39 is 5.97 Å². The lowest BCUT2D eigenvalue weighted by Gasteiger charge is -2.13. The summed E-state index contributed by atoms with van der Waals surface area (Å²) in [4.78, 5) is 23.1. The van der Waals surface area contributed by atoms with Gasteiger partial charge in [-0.05, 0) is 25.5 Å². The second kappa shape index (κ2) is 5.59. The molecule has 2 rings (SSSR count). The van der Waals surface area contributed by atoms with Crippen LogP contribution in [0.15, 0.2) is 18.2 Å². The standard InChI is InChI=1S/C13H14ClNO4/c1-7-5-8(6-19-7)12(16)15-11-9(13(17)18)3-2-4-10(11)14/h2-4,7-8H,5-6H2,1H3,(H,15,16)(H,17,18). The molecule has 0 bridgehead atoms. The van der Waals surface area contributed by atoms with Crippen LogP contribution < -0.4 is 5.32 Å². The molecule has 1 heterocycles. The summed E-state index contributed by atoms with van der Waals surface area (Å²) in [6.45, 7) is 2.24. The van der Waals surface area contributed by atoms with E-state index in [9.17, 15) is 9.59 Å². The Morgan fingerprint density at radius 1 is 1.47 bits per heavy atom. The van der Waals surface area contributed by atoms with Gasteiger partial charge in [0.2, 0.25) is 5.91 Å². The summed E-state index contributed by atoms with van der Waals surface area (Å²) in [6.07, 6.45) is 0.666. The van der Waals surface area contributed by atoms with Crippen molar-refractivity contribution < 1.29 is 19.4 Å². The van der Waals surface area contributed by atoms with Gasteiger partial charge in [-0.15, -0.1) is 0 Å². The van der Waals surface area contributed by atoms with Crippen molar-refractivity contribution in [1.29, 1.82) is 0 Å². The number of aromatic carboxylic acids is 1. The van der Waals surface area contributed by atoms with Gasteiger partial charge in [0.25, 0.3) is 0 Å². The molecule has 102 valence electrons. The number of halogens is 1. The van der Waals surface area contributed by atoms with Crippen molar-refractivity contribution in [2.45, 2.75) is 19.4 Å². The quantitative estimate of drug-likeness (QED) is 0.893. The van der Waals surface area contributed by atoms with Gasteiger partial charge in [0, 0.05) is 0 Å². The highest BCUT2D eigenvalue weighted by atomic mass is 35.5. The molecule has 1 aliphatic rings. The molecular formula is C13H14ClNO4. The minimum atomic E-state index is -1.13. The lowest BCUT2D eigenvalue weighted by Crippen LogP contribution is -2.24. The third-order valence-corrected chi connectivity index (χ3v) is 3.38. The average molecular weight is 284 g/mol. The predicted molar refractivity (Wildman–Crippen MR) is 70.6 cm³/mol. The number of benzene rings is 1. The first-order valence-corrected chi connectivity index (χ1v) is 6.31. The summed E-state index contributed by atoms with van der Waals surface area (Å²) in [6, 6.07) is 4.47. The fourth-order valence-corrected chi connectivity index (χ4v) is 2.28. The monoisotopic (exact) mass is 283 g/mol. The Balaban J connectivity index is 2.19. The lowest BCUT2D eigenvalue weighted by molar-refractivity contribution is -0.119. The van der Waals surface area contributed by atoms with Gasteiger partial charge in [0.15, 0.2) is 0 Å². The van der Waals surface area contributed by atoms with E-state index in [4.69, 9.17) is 21.4 Å². The van der Waals surface area contributed by atoms with E-state index in [1.165, 1.54) is 18.2 Å². The van der Waals surface area contributed by atoms with Gasteiger partial charge >= 0.3 is 5.97 Å². The molecule has 0 aromatic heterocycles. The highest BCUT2D eigenvalue weighted by molar-refractivity contribution is 6.34. The van der Waals surface area contributed by atoms with E-state index in [-0.39, 0.29) is 34.2 Å². The van der Waals surface area contributed by atoms with Crippen LogP contribution in [0.5, 0.6) is 0 Å². The Hall–Kier alpha value is -1.59. The molecule has 0 radical (unpaired) electrons. The molecule has 2 atom stereocenters. The molecule has 1 aliphatic heterocycles. The Bertz CT molecular complexity index is 517. The van der Waals surface area contributed by atoms with Crippen molar-refractivity contribution in [2.24, 2.45) is 5.92 Å². The number of para-hydroxylation sites is 1. The normalized spacial score (nSPS) is 22.2. The van der Waals surface area contributed by atoms with Crippen LogP contribution in [-0.2, 0) is 9.53 Å².